The van der Waals surface area contributed by atoms with Gasteiger partial charge in [-0.2, -0.15) is 9.57 Å². The lowest BCUT2D eigenvalue weighted by Gasteiger charge is -2.37. The number of aromatic nitrogens is 1. The van der Waals surface area contributed by atoms with Crippen LogP contribution in [0.2, 0.25) is 0 Å². The van der Waals surface area contributed by atoms with Gasteiger partial charge in [0.25, 0.3) is 0 Å². The summed E-state index contributed by atoms with van der Waals surface area (Å²) in [6.07, 6.45) is 1.13. The highest BCUT2D eigenvalue weighted by Gasteiger charge is 2.37. The van der Waals surface area contributed by atoms with Crippen LogP contribution in [0.4, 0.5) is 4.39 Å². The van der Waals surface area contributed by atoms with Crippen molar-refractivity contribution in [2.75, 3.05) is 13.1 Å². The summed E-state index contributed by atoms with van der Waals surface area (Å²) in [4.78, 5) is 3.98. The van der Waals surface area contributed by atoms with Gasteiger partial charge in [0.15, 0.2) is 0 Å². The SMILES string of the molecule is N#Cc1ccnc(OC2CN(S(=O)(=O)Cc3ccccc3F)C2)c1. The molecule has 8 heteroatoms. The van der Waals surface area contributed by atoms with Crippen LogP contribution in [0.15, 0.2) is 42.6 Å². The molecule has 1 aliphatic rings. The van der Waals surface area contributed by atoms with Crippen LogP contribution in [-0.2, 0) is 15.8 Å². The maximum Gasteiger partial charge on any atom is 0.218 e. The number of ether oxygens (including phenoxy) is 1. The highest BCUT2D eigenvalue weighted by molar-refractivity contribution is 7.88. The molecule has 0 amide bonds. The van der Waals surface area contributed by atoms with Crippen molar-refractivity contribution in [1.82, 2.24) is 9.29 Å². The van der Waals surface area contributed by atoms with Crippen LogP contribution in [0.25, 0.3) is 0 Å². The van der Waals surface area contributed by atoms with Crippen molar-refractivity contribution in [2.24, 2.45) is 0 Å². The maximum atomic E-state index is 13.6. The predicted octanol–water partition coefficient (Wildman–Crippen LogP) is 1.69. The molecule has 24 heavy (non-hydrogen) atoms. The molecule has 0 radical (unpaired) electrons. The molecule has 1 saturated heterocycles. The molecule has 0 unspecified atom stereocenters. The summed E-state index contributed by atoms with van der Waals surface area (Å²) in [5, 5.41) is 8.83. The van der Waals surface area contributed by atoms with Gasteiger partial charge in [0.1, 0.15) is 11.9 Å². The van der Waals surface area contributed by atoms with Crippen LogP contribution in [-0.4, -0.2) is 36.9 Å². The van der Waals surface area contributed by atoms with Crippen LogP contribution in [0.3, 0.4) is 0 Å². The van der Waals surface area contributed by atoms with Gasteiger partial charge in [-0.05, 0) is 12.1 Å². The fraction of sp³-hybridized carbons (Fsp3) is 0.250. The first-order valence-electron chi connectivity index (χ1n) is 7.22. The number of hydrogen-bond donors (Lipinski definition) is 0. The van der Waals surface area contributed by atoms with Gasteiger partial charge in [-0.15, -0.1) is 0 Å². The van der Waals surface area contributed by atoms with Crippen molar-refractivity contribution in [3.63, 3.8) is 0 Å². The summed E-state index contributed by atoms with van der Waals surface area (Å²) in [6.45, 7) is 0.352. The van der Waals surface area contributed by atoms with Crippen molar-refractivity contribution in [2.45, 2.75) is 11.9 Å². The quantitative estimate of drug-likeness (QED) is 0.822. The number of nitrogens with zero attached hydrogens (tertiary/aromatic N) is 3. The molecule has 1 aromatic heterocycles. The summed E-state index contributed by atoms with van der Waals surface area (Å²) in [6, 6.07) is 10.8. The summed E-state index contributed by atoms with van der Waals surface area (Å²) in [7, 11) is -3.60. The van der Waals surface area contributed by atoms with Gasteiger partial charge in [0.2, 0.25) is 15.9 Å². The van der Waals surface area contributed by atoms with Gasteiger partial charge < -0.3 is 4.74 Å². The number of sulfonamides is 1. The number of hydrogen-bond acceptors (Lipinski definition) is 5. The van der Waals surface area contributed by atoms with E-state index in [4.69, 9.17) is 10.00 Å². The second-order valence-electron chi connectivity index (χ2n) is 5.40. The Balaban J connectivity index is 1.59. The van der Waals surface area contributed by atoms with Crippen molar-refractivity contribution in [1.29, 1.82) is 5.26 Å². The van der Waals surface area contributed by atoms with Crippen molar-refractivity contribution in [3.05, 3.63) is 59.5 Å². The molecule has 0 saturated carbocycles. The zero-order valence-electron chi connectivity index (χ0n) is 12.6. The molecule has 1 aliphatic heterocycles. The molecule has 0 spiro atoms. The fourth-order valence-corrected chi connectivity index (χ4v) is 3.92. The zero-order chi connectivity index (χ0) is 17.2. The summed E-state index contributed by atoms with van der Waals surface area (Å²) in [5.41, 5.74) is 0.564. The van der Waals surface area contributed by atoms with E-state index < -0.39 is 15.8 Å². The Morgan fingerprint density at radius 3 is 2.79 bits per heavy atom. The third-order valence-electron chi connectivity index (χ3n) is 3.66. The van der Waals surface area contributed by atoms with Gasteiger partial charge in [0.05, 0.1) is 30.5 Å². The van der Waals surface area contributed by atoms with E-state index in [1.807, 2.05) is 6.07 Å². The monoisotopic (exact) mass is 347 g/mol. The third-order valence-corrected chi connectivity index (χ3v) is 5.42. The molecule has 1 fully saturated rings. The first-order chi connectivity index (χ1) is 11.5. The van der Waals surface area contributed by atoms with Crippen LogP contribution in [0.1, 0.15) is 11.1 Å². The Morgan fingerprint density at radius 2 is 2.08 bits per heavy atom. The van der Waals surface area contributed by atoms with Crippen LogP contribution in [0, 0.1) is 17.1 Å². The number of halogens is 1. The van der Waals surface area contributed by atoms with Gasteiger partial charge in [-0.1, -0.05) is 18.2 Å². The molecular formula is C16H14FN3O3S. The number of rotatable bonds is 5. The zero-order valence-corrected chi connectivity index (χ0v) is 13.4. The summed E-state index contributed by atoms with van der Waals surface area (Å²) in [5.74, 6) is -0.633. The average Bonchev–Trinajstić information content (AvgIpc) is 2.52. The minimum absolute atomic E-state index is 0.144. The molecule has 1 aromatic carbocycles. The van der Waals surface area contributed by atoms with Gasteiger partial charge >= 0.3 is 0 Å². The topological polar surface area (TPSA) is 83.3 Å². The summed E-state index contributed by atoms with van der Waals surface area (Å²) >= 11 is 0. The molecule has 3 rings (SSSR count). The lowest BCUT2D eigenvalue weighted by Crippen LogP contribution is -2.56. The molecular weight excluding hydrogens is 333 g/mol. The molecule has 2 heterocycles. The van der Waals surface area contributed by atoms with E-state index >= 15 is 0 Å². The maximum absolute atomic E-state index is 13.6. The lowest BCUT2D eigenvalue weighted by atomic mass is 10.2. The van der Waals surface area contributed by atoms with E-state index in [0.717, 1.165) is 0 Å². The fourth-order valence-electron chi connectivity index (χ4n) is 2.32. The second kappa shape index (κ2) is 6.55. The molecule has 0 aliphatic carbocycles. The van der Waals surface area contributed by atoms with Gasteiger partial charge in [-0.25, -0.2) is 17.8 Å². The average molecular weight is 347 g/mol. The number of pyridine rings is 1. The minimum Gasteiger partial charge on any atom is -0.471 e. The van der Waals surface area contributed by atoms with Crippen LogP contribution < -0.4 is 4.74 Å². The Hall–Kier alpha value is -2.50. The smallest absolute Gasteiger partial charge is 0.218 e. The van der Waals surface area contributed by atoms with Gasteiger partial charge in [-0.3, -0.25) is 0 Å². The Bertz CT molecular complexity index is 889. The second-order valence-corrected chi connectivity index (χ2v) is 7.37. The van der Waals surface area contributed by atoms with E-state index in [1.54, 1.807) is 12.1 Å². The van der Waals surface area contributed by atoms with Crippen molar-refractivity contribution >= 4 is 10.0 Å². The van der Waals surface area contributed by atoms with Crippen molar-refractivity contribution in [3.8, 4) is 11.9 Å². The molecule has 0 N–H and O–H groups in total. The molecule has 6 nitrogen and oxygen atoms in total. The Kier molecular flexibility index (Phi) is 4.46. The first-order valence-corrected chi connectivity index (χ1v) is 8.83. The Labute approximate surface area is 139 Å². The van der Waals surface area contributed by atoms with E-state index in [2.05, 4.69) is 4.98 Å². The molecule has 2 aromatic rings. The van der Waals surface area contributed by atoms with Gasteiger partial charge in [0, 0.05) is 17.8 Å². The Morgan fingerprint density at radius 1 is 1.33 bits per heavy atom. The molecule has 0 atom stereocenters. The molecule has 0 bridgehead atoms. The van der Waals surface area contributed by atoms with Crippen molar-refractivity contribution < 1.29 is 17.5 Å². The number of nitriles is 1. The lowest BCUT2D eigenvalue weighted by molar-refractivity contribution is 0.0719. The number of benzene rings is 1. The first kappa shape index (κ1) is 16.4. The third kappa shape index (κ3) is 3.53. The van der Waals surface area contributed by atoms with E-state index in [9.17, 15) is 12.8 Å². The van der Waals surface area contributed by atoms with Crippen LogP contribution in [0.5, 0.6) is 5.88 Å². The van der Waals surface area contributed by atoms with E-state index in [1.165, 1.54) is 34.8 Å². The highest BCUT2D eigenvalue weighted by atomic mass is 32.2. The summed E-state index contributed by atoms with van der Waals surface area (Å²) < 4.78 is 45.0. The largest absolute Gasteiger partial charge is 0.471 e. The van der Waals surface area contributed by atoms with Crippen LogP contribution >= 0.6 is 0 Å². The van der Waals surface area contributed by atoms with E-state index in [-0.39, 0.29) is 36.4 Å². The standard InChI is InChI=1S/C16H14FN3O3S/c17-15-4-2-1-3-13(15)11-24(21,22)20-9-14(10-20)23-16-7-12(8-18)5-6-19-16/h1-7,14H,9-11H2. The predicted molar refractivity (Wildman–Crippen MR) is 84.0 cm³/mol. The van der Waals surface area contributed by atoms with E-state index in [0.29, 0.717) is 5.56 Å². The highest BCUT2D eigenvalue weighted by Crippen LogP contribution is 2.22. The normalized spacial score (nSPS) is 15.5. The molecule has 124 valence electrons. The minimum atomic E-state index is -3.60.